The van der Waals surface area contributed by atoms with E-state index in [0.29, 0.717) is 12.2 Å². The molecule has 0 bridgehead atoms. The van der Waals surface area contributed by atoms with Crippen LogP contribution in [-0.4, -0.2) is 62.7 Å². The second-order valence-corrected chi connectivity index (χ2v) is 7.24. The van der Waals surface area contributed by atoms with Gasteiger partial charge < -0.3 is 14.8 Å². The number of carbonyl (C=O) groups excluding carboxylic acids is 1. The fraction of sp³-hybridized carbons (Fsp3) is 0.409. The number of methoxy groups -OCH3 is 2. The third-order valence-corrected chi connectivity index (χ3v) is 5.18. The number of hydrogen-bond acceptors (Lipinski definition) is 5. The lowest BCUT2D eigenvalue weighted by molar-refractivity contribution is -0.117. The molecule has 0 saturated carbocycles. The Kier molecular flexibility index (Phi) is 7.06. The highest BCUT2D eigenvalue weighted by Gasteiger charge is 2.20. The third kappa shape index (κ3) is 5.68. The van der Waals surface area contributed by atoms with Gasteiger partial charge in [0.1, 0.15) is 5.82 Å². The first-order valence-electron chi connectivity index (χ1n) is 9.70. The molecule has 0 unspecified atom stereocenters. The largest absolute Gasteiger partial charge is 0.493 e. The Hall–Kier alpha value is -2.64. The normalized spacial score (nSPS) is 15.2. The molecular formula is C22H28FN3O3. The number of halogens is 1. The SMILES string of the molecule is COc1cc(C)c(CN2CCN(CC(=O)Nc3cccc(F)c3)CC2)cc1OC. The van der Waals surface area contributed by atoms with Crippen molar-refractivity contribution in [2.75, 3.05) is 52.3 Å². The van der Waals surface area contributed by atoms with Crippen molar-refractivity contribution in [1.82, 2.24) is 9.80 Å². The first-order valence-corrected chi connectivity index (χ1v) is 9.70. The number of rotatable bonds is 7. The number of amides is 1. The van der Waals surface area contributed by atoms with Crippen LogP contribution in [0.1, 0.15) is 11.1 Å². The summed E-state index contributed by atoms with van der Waals surface area (Å²) in [5.41, 5.74) is 2.86. The molecule has 1 amide bonds. The first-order chi connectivity index (χ1) is 14.0. The Morgan fingerprint density at radius 1 is 1.03 bits per heavy atom. The summed E-state index contributed by atoms with van der Waals surface area (Å²) in [6.07, 6.45) is 0. The molecule has 0 aliphatic carbocycles. The number of benzene rings is 2. The van der Waals surface area contributed by atoms with Crippen molar-refractivity contribution in [2.45, 2.75) is 13.5 Å². The summed E-state index contributed by atoms with van der Waals surface area (Å²) in [4.78, 5) is 16.7. The van der Waals surface area contributed by atoms with Crippen molar-refractivity contribution in [3.05, 3.63) is 53.3 Å². The van der Waals surface area contributed by atoms with Crippen molar-refractivity contribution in [3.8, 4) is 11.5 Å². The van der Waals surface area contributed by atoms with Crippen molar-refractivity contribution in [2.24, 2.45) is 0 Å². The molecule has 29 heavy (non-hydrogen) atoms. The minimum Gasteiger partial charge on any atom is -0.493 e. The van der Waals surface area contributed by atoms with Gasteiger partial charge >= 0.3 is 0 Å². The average molecular weight is 401 g/mol. The summed E-state index contributed by atoms with van der Waals surface area (Å²) in [5, 5.41) is 2.75. The molecule has 1 fully saturated rings. The van der Waals surface area contributed by atoms with E-state index in [1.807, 2.05) is 12.1 Å². The van der Waals surface area contributed by atoms with Crippen LogP contribution in [0.3, 0.4) is 0 Å². The van der Waals surface area contributed by atoms with Crippen molar-refractivity contribution < 1.29 is 18.7 Å². The number of nitrogens with zero attached hydrogens (tertiary/aromatic N) is 2. The summed E-state index contributed by atoms with van der Waals surface area (Å²) >= 11 is 0. The van der Waals surface area contributed by atoms with E-state index in [9.17, 15) is 9.18 Å². The lowest BCUT2D eigenvalue weighted by Crippen LogP contribution is -2.48. The fourth-order valence-electron chi connectivity index (χ4n) is 3.51. The van der Waals surface area contributed by atoms with Gasteiger partial charge in [0.05, 0.1) is 20.8 Å². The molecule has 0 spiro atoms. The van der Waals surface area contributed by atoms with E-state index in [1.54, 1.807) is 26.4 Å². The number of carbonyl (C=O) groups is 1. The van der Waals surface area contributed by atoms with Gasteiger partial charge in [-0.15, -0.1) is 0 Å². The van der Waals surface area contributed by atoms with Gasteiger partial charge in [0.2, 0.25) is 5.91 Å². The number of hydrogen-bond donors (Lipinski definition) is 1. The molecule has 7 heteroatoms. The predicted molar refractivity (Wildman–Crippen MR) is 111 cm³/mol. The van der Waals surface area contributed by atoms with Crippen LogP contribution in [0.4, 0.5) is 10.1 Å². The first kappa shape index (κ1) is 21.1. The van der Waals surface area contributed by atoms with Crippen LogP contribution in [-0.2, 0) is 11.3 Å². The van der Waals surface area contributed by atoms with Crippen LogP contribution in [0.5, 0.6) is 11.5 Å². The maximum absolute atomic E-state index is 13.2. The second-order valence-electron chi connectivity index (χ2n) is 7.24. The summed E-state index contributed by atoms with van der Waals surface area (Å²) in [7, 11) is 3.28. The number of nitrogens with one attached hydrogen (secondary N) is 1. The number of piperazine rings is 1. The average Bonchev–Trinajstić information content (AvgIpc) is 2.70. The Morgan fingerprint density at radius 2 is 1.69 bits per heavy atom. The molecule has 0 atom stereocenters. The molecule has 0 radical (unpaired) electrons. The van der Waals surface area contributed by atoms with E-state index in [-0.39, 0.29) is 11.7 Å². The van der Waals surface area contributed by atoms with Crippen LogP contribution in [0.25, 0.3) is 0 Å². The molecular weight excluding hydrogens is 373 g/mol. The van der Waals surface area contributed by atoms with Crippen LogP contribution >= 0.6 is 0 Å². The van der Waals surface area contributed by atoms with E-state index in [1.165, 1.54) is 23.3 Å². The molecule has 1 N–H and O–H groups in total. The summed E-state index contributed by atoms with van der Waals surface area (Å²) in [6, 6.07) is 9.98. The van der Waals surface area contributed by atoms with Gasteiger partial charge in [0, 0.05) is 38.4 Å². The zero-order valence-corrected chi connectivity index (χ0v) is 17.2. The highest BCUT2D eigenvalue weighted by molar-refractivity contribution is 5.92. The van der Waals surface area contributed by atoms with E-state index >= 15 is 0 Å². The standard InChI is InChI=1S/C22H28FN3O3/c1-16-11-20(28-2)21(29-3)12-17(16)14-25-7-9-26(10-8-25)15-22(27)24-19-6-4-5-18(23)13-19/h4-6,11-13H,7-10,14-15H2,1-3H3,(H,24,27). The smallest absolute Gasteiger partial charge is 0.238 e. The summed E-state index contributed by atoms with van der Waals surface area (Å²) in [5.74, 6) is 0.991. The number of ether oxygens (including phenoxy) is 2. The molecule has 2 aromatic rings. The molecule has 1 heterocycles. The number of aryl methyl sites for hydroxylation is 1. The molecule has 3 rings (SSSR count). The Labute approximate surface area is 171 Å². The Morgan fingerprint density at radius 3 is 2.34 bits per heavy atom. The van der Waals surface area contributed by atoms with Gasteiger partial charge in [0.15, 0.2) is 11.5 Å². The van der Waals surface area contributed by atoms with Gasteiger partial charge in [-0.3, -0.25) is 14.6 Å². The summed E-state index contributed by atoms with van der Waals surface area (Å²) in [6.45, 7) is 6.58. The highest BCUT2D eigenvalue weighted by atomic mass is 19.1. The maximum Gasteiger partial charge on any atom is 0.238 e. The van der Waals surface area contributed by atoms with Crippen molar-refractivity contribution >= 4 is 11.6 Å². The Bertz CT molecular complexity index is 851. The van der Waals surface area contributed by atoms with Gasteiger partial charge in [-0.1, -0.05) is 6.07 Å². The van der Waals surface area contributed by atoms with Crippen LogP contribution in [0, 0.1) is 12.7 Å². The Balaban J connectivity index is 1.50. The van der Waals surface area contributed by atoms with Crippen LogP contribution in [0.2, 0.25) is 0 Å². The zero-order chi connectivity index (χ0) is 20.8. The van der Waals surface area contributed by atoms with Crippen molar-refractivity contribution in [3.63, 3.8) is 0 Å². The molecule has 2 aromatic carbocycles. The minimum atomic E-state index is -0.359. The van der Waals surface area contributed by atoms with E-state index < -0.39 is 0 Å². The highest BCUT2D eigenvalue weighted by Crippen LogP contribution is 2.31. The second kappa shape index (κ2) is 9.71. The third-order valence-electron chi connectivity index (χ3n) is 5.18. The van der Waals surface area contributed by atoms with Crippen molar-refractivity contribution in [1.29, 1.82) is 0 Å². The van der Waals surface area contributed by atoms with Crippen LogP contribution < -0.4 is 14.8 Å². The molecule has 1 aliphatic rings. The zero-order valence-electron chi connectivity index (χ0n) is 17.2. The molecule has 0 aromatic heterocycles. The maximum atomic E-state index is 13.2. The molecule has 1 aliphatic heterocycles. The lowest BCUT2D eigenvalue weighted by Gasteiger charge is -2.34. The monoisotopic (exact) mass is 401 g/mol. The summed E-state index contributed by atoms with van der Waals surface area (Å²) < 4.78 is 24.0. The fourth-order valence-corrected chi connectivity index (χ4v) is 3.51. The molecule has 1 saturated heterocycles. The quantitative estimate of drug-likeness (QED) is 0.773. The number of anilines is 1. The van der Waals surface area contributed by atoms with E-state index in [2.05, 4.69) is 22.0 Å². The van der Waals surface area contributed by atoms with Gasteiger partial charge in [-0.2, -0.15) is 0 Å². The molecule has 156 valence electrons. The minimum absolute atomic E-state index is 0.125. The topological polar surface area (TPSA) is 54.0 Å². The van der Waals surface area contributed by atoms with Gasteiger partial charge in [0.25, 0.3) is 0 Å². The van der Waals surface area contributed by atoms with E-state index in [0.717, 1.165) is 44.2 Å². The van der Waals surface area contributed by atoms with Gasteiger partial charge in [-0.25, -0.2) is 4.39 Å². The molecule has 6 nitrogen and oxygen atoms in total. The van der Waals surface area contributed by atoms with Gasteiger partial charge in [-0.05, 0) is 48.4 Å². The predicted octanol–water partition coefficient (Wildman–Crippen LogP) is 2.91. The lowest BCUT2D eigenvalue weighted by atomic mass is 10.1. The van der Waals surface area contributed by atoms with Crippen LogP contribution in [0.15, 0.2) is 36.4 Å². The van der Waals surface area contributed by atoms with E-state index in [4.69, 9.17) is 9.47 Å².